The molecule has 136 valence electrons. The lowest BCUT2D eigenvalue weighted by Crippen LogP contribution is -2.52. The van der Waals surface area contributed by atoms with Gasteiger partial charge in [-0.1, -0.05) is 26.7 Å². The maximum absolute atomic E-state index is 12.1. The van der Waals surface area contributed by atoms with Gasteiger partial charge in [0, 0.05) is 11.6 Å². The van der Waals surface area contributed by atoms with Crippen LogP contribution in [0.2, 0.25) is 0 Å². The van der Waals surface area contributed by atoms with E-state index in [0.29, 0.717) is 34.1 Å². The van der Waals surface area contributed by atoms with Gasteiger partial charge in [-0.3, -0.25) is 15.6 Å². The van der Waals surface area contributed by atoms with Crippen LogP contribution in [0.15, 0.2) is 24.3 Å². The summed E-state index contributed by atoms with van der Waals surface area (Å²) in [6.45, 7) is 4.49. The van der Waals surface area contributed by atoms with Crippen LogP contribution in [0.5, 0.6) is 0 Å². The van der Waals surface area contributed by atoms with Gasteiger partial charge in [0.25, 0.3) is 5.91 Å². The van der Waals surface area contributed by atoms with E-state index < -0.39 is 5.97 Å². The predicted molar refractivity (Wildman–Crippen MR) is 100 cm³/mol. The molecule has 25 heavy (non-hydrogen) atoms. The average molecular weight is 363 g/mol. The van der Waals surface area contributed by atoms with Gasteiger partial charge in [-0.2, -0.15) is 0 Å². The van der Waals surface area contributed by atoms with Gasteiger partial charge in [0.1, 0.15) is 0 Å². The second-order valence-electron chi connectivity index (χ2n) is 6.50. The van der Waals surface area contributed by atoms with Crippen molar-refractivity contribution in [2.24, 2.45) is 11.8 Å². The van der Waals surface area contributed by atoms with E-state index in [-0.39, 0.29) is 5.91 Å². The molecule has 1 fully saturated rings. The van der Waals surface area contributed by atoms with E-state index in [2.05, 4.69) is 34.8 Å². The summed E-state index contributed by atoms with van der Waals surface area (Å²) in [5.41, 5.74) is 6.12. The minimum absolute atomic E-state index is 0.319. The second-order valence-corrected chi connectivity index (χ2v) is 6.90. The van der Waals surface area contributed by atoms with E-state index in [1.165, 1.54) is 20.0 Å². The van der Waals surface area contributed by atoms with Crippen LogP contribution in [0.1, 0.15) is 53.8 Å². The molecule has 1 aliphatic rings. The number of thiocarbonyl (C=S) groups is 1. The number of nitrogens with one attached hydrogen (secondary N) is 3. The highest BCUT2D eigenvalue weighted by atomic mass is 32.1. The lowest BCUT2D eigenvalue weighted by atomic mass is 9.78. The molecule has 0 unspecified atom stereocenters. The van der Waals surface area contributed by atoms with Crippen LogP contribution in [-0.2, 0) is 4.74 Å². The van der Waals surface area contributed by atoms with Crippen molar-refractivity contribution < 1.29 is 14.3 Å². The van der Waals surface area contributed by atoms with Crippen molar-refractivity contribution in [3.05, 3.63) is 35.4 Å². The molecule has 0 heterocycles. The van der Waals surface area contributed by atoms with Crippen LogP contribution in [0.4, 0.5) is 0 Å². The number of hydrogen-bond acceptors (Lipinski definition) is 4. The SMILES string of the molecule is COC(=O)c1ccc(C(=O)NNC(=S)N[C@@H]2CCC[C@@H](C)[C@H]2C)cc1. The molecular weight excluding hydrogens is 338 g/mol. The summed E-state index contributed by atoms with van der Waals surface area (Å²) in [6.07, 6.45) is 3.51. The van der Waals surface area contributed by atoms with Gasteiger partial charge in [-0.25, -0.2) is 4.79 Å². The molecule has 0 saturated heterocycles. The molecule has 0 spiro atoms. The fourth-order valence-corrected chi connectivity index (χ4v) is 3.25. The molecule has 1 aromatic rings. The summed E-state index contributed by atoms with van der Waals surface area (Å²) in [5, 5.41) is 3.69. The van der Waals surface area contributed by atoms with Crippen molar-refractivity contribution in [2.75, 3.05) is 7.11 Å². The van der Waals surface area contributed by atoms with Crippen LogP contribution in [0.3, 0.4) is 0 Å². The van der Waals surface area contributed by atoms with Crippen LogP contribution < -0.4 is 16.2 Å². The number of carbonyl (C=O) groups is 2. The number of esters is 1. The van der Waals surface area contributed by atoms with Gasteiger partial charge < -0.3 is 10.1 Å². The van der Waals surface area contributed by atoms with Gasteiger partial charge in [0.2, 0.25) is 0 Å². The lowest BCUT2D eigenvalue weighted by Gasteiger charge is -2.35. The van der Waals surface area contributed by atoms with Gasteiger partial charge >= 0.3 is 5.97 Å². The zero-order valence-electron chi connectivity index (χ0n) is 14.8. The molecule has 6 nitrogen and oxygen atoms in total. The van der Waals surface area contributed by atoms with Gasteiger partial charge in [0.15, 0.2) is 5.11 Å². The molecule has 0 bridgehead atoms. The Bertz CT molecular complexity index is 633. The van der Waals surface area contributed by atoms with Crippen molar-refractivity contribution in [3.8, 4) is 0 Å². The third kappa shape index (κ3) is 5.16. The van der Waals surface area contributed by atoms with E-state index >= 15 is 0 Å². The van der Waals surface area contributed by atoms with Crippen molar-refractivity contribution in [1.82, 2.24) is 16.2 Å². The summed E-state index contributed by atoms with van der Waals surface area (Å²) in [4.78, 5) is 23.5. The van der Waals surface area contributed by atoms with Gasteiger partial charge in [-0.05, 0) is 54.7 Å². The first-order chi connectivity index (χ1) is 11.9. The topological polar surface area (TPSA) is 79.5 Å². The zero-order chi connectivity index (χ0) is 18.4. The van der Waals surface area contributed by atoms with Crippen LogP contribution >= 0.6 is 12.2 Å². The van der Waals surface area contributed by atoms with Crippen LogP contribution in [0, 0.1) is 11.8 Å². The van der Waals surface area contributed by atoms with E-state index in [4.69, 9.17) is 12.2 Å². The summed E-state index contributed by atoms with van der Waals surface area (Å²) in [5.74, 6) is 0.434. The quantitative estimate of drug-likeness (QED) is 0.435. The molecule has 1 aromatic carbocycles. The molecule has 2 rings (SSSR count). The molecule has 3 N–H and O–H groups in total. The maximum Gasteiger partial charge on any atom is 0.337 e. The van der Waals surface area contributed by atoms with Crippen LogP contribution in [-0.4, -0.2) is 30.1 Å². The fraction of sp³-hybridized carbons (Fsp3) is 0.500. The number of hydrogen-bond donors (Lipinski definition) is 3. The van der Waals surface area contributed by atoms with Crippen molar-refractivity contribution in [1.29, 1.82) is 0 Å². The smallest absolute Gasteiger partial charge is 0.337 e. The molecule has 1 amide bonds. The minimum Gasteiger partial charge on any atom is -0.465 e. The van der Waals surface area contributed by atoms with Gasteiger partial charge in [-0.15, -0.1) is 0 Å². The van der Waals surface area contributed by atoms with Gasteiger partial charge in [0.05, 0.1) is 12.7 Å². The molecule has 0 radical (unpaired) electrons. The number of methoxy groups -OCH3 is 1. The van der Waals surface area contributed by atoms with Crippen molar-refractivity contribution in [3.63, 3.8) is 0 Å². The number of rotatable bonds is 3. The highest BCUT2D eigenvalue weighted by Crippen LogP contribution is 2.29. The number of ether oxygens (including phenoxy) is 1. The lowest BCUT2D eigenvalue weighted by molar-refractivity contribution is 0.0600. The third-order valence-electron chi connectivity index (χ3n) is 4.88. The Labute approximate surface area is 153 Å². The molecule has 1 aliphatic carbocycles. The molecule has 0 aliphatic heterocycles. The molecule has 3 atom stereocenters. The Morgan fingerprint density at radius 3 is 2.36 bits per heavy atom. The van der Waals surface area contributed by atoms with E-state index in [0.717, 1.165) is 6.42 Å². The van der Waals surface area contributed by atoms with Crippen LogP contribution in [0.25, 0.3) is 0 Å². The number of amides is 1. The Hall–Kier alpha value is -2.15. The fourth-order valence-electron chi connectivity index (χ4n) is 3.05. The standard InChI is InChI=1S/C18H25N3O3S/c1-11-5-4-6-15(12(11)2)19-18(25)21-20-16(22)13-7-9-14(10-8-13)17(23)24-3/h7-12,15H,4-6H2,1-3H3,(H,20,22)(H2,19,21,25)/t11-,12-,15-/m1/s1. The first kappa shape index (κ1) is 19.2. The monoisotopic (exact) mass is 363 g/mol. The minimum atomic E-state index is -0.439. The van der Waals surface area contributed by atoms with Crippen molar-refractivity contribution >= 4 is 29.2 Å². The maximum atomic E-state index is 12.1. The Morgan fingerprint density at radius 1 is 1.08 bits per heavy atom. The predicted octanol–water partition coefficient (Wildman–Crippen LogP) is 2.41. The summed E-state index contributed by atoms with van der Waals surface area (Å²) in [7, 11) is 1.31. The Kier molecular flexibility index (Phi) is 6.75. The first-order valence-electron chi connectivity index (χ1n) is 8.47. The summed E-state index contributed by atoms with van der Waals surface area (Å²) >= 11 is 5.27. The molecule has 7 heteroatoms. The molecule has 0 aromatic heterocycles. The third-order valence-corrected chi connectivity index (χ3v) is 5.10. The number of hydrazine groups is 1. The Morgan fingerprint density at radius 2 is 1.72 bits per heavy atom. The number of carbonyl (C=O) groups excluding carboxylic acids is 2. The summed E-state index contributed by atoms with van der Waals surface area (Å²) < 4.78 is 4.63. The average Bonchev–Trinajstić information content (AvgIpc) is 2.63. The van der Waals surface area contributed by atoms with Crippen molar-refractivity contribution in [2.45, 2.75) is 39.2 Å². The number of benzene rings is 1. The van der Waals surface area contributed by atoms with E-state index in [9.17, 15) is 9.59 Å². The molecule has 1 saturated carbocycles. The second kappa shape index (κ2) is 8.80. The van der Waals surface area contributed by atoms with E-state index in [1.54, 1.807) is 24.3 Å². The Balaban J connectivity index is 1.83. The normalized spacial score (nSPS) is 22.6. The molecular formula is C18H25N3O3S. The highest BCUT2D eigenvalue weighted by Gasteiger charge is 2.27. The summed E-state index contributed by atoms with van der Waals surface area (Å²) in [6, 6.07) is 6.53. The zero-order valence-corrected chi connectivity index (χ0v) is 15.6. The highest BCUT2D eigenvalue weighted by molar-refractivity contribution is 7.80. The van der Waals surface area contributed by atoms with E-state index in [1.807, 2.05) is 0 Å². The largest absolute Gasteiger partial charge is 0.465 e. The first-order valence-corrected chi connectivity index (χ1v) is 8.88.